The molecule has 1 atom stereocenters. The molecule has 1 unspecified atom stereocenters. The largest absolute Gasteiger partial charge is 0.396 e. The van der Waals surface area contributed by atoms with Crippen molar-refractivity contribution in [2.45, 2.75) is 64.7 Å². The SMILES string of the molecule is CCCCCCCCCCC(CO)C(N)=O. The molecule has 0 aliphatic carbocycles. The Morgan fingerprint density at radius 3 is 2.00 bits per heavy atom. The zero-order valence-electron chi connectivity index (χ0n) is 10.6. The Bertz CT molecular complexity index is 171. The van der Waals surface area contributed by atoms with Crippen molar-refractivity contribution in [2.75, 3.05) is 6.61 Å². The van der Waals surface area contributed by atoms with E-state index < -0.39 is 0 Å². The van der Waals surface area contributed by atoms with Crippen molar-refractivity contribution < 1.29 is 9.90 Å². The molecule has 3 heteroatoms. The van der Waals surface area contributed by atoms with Crippen molar-refractivity contribution in [3.8, 4) is 0 Å². The van der Waals surface area contributed by atoms with Crippen LogP contribution in [0.3, 0.4) is 0 Å². The highest BCUT2D eigenvalue weighted by Crippen LogP contribution is 2.12. The van der Waals surface area contributed by atoms with Crippen LogP contribution in [-0.2, 0) is 4.79 Å². The van der Waals surface area contributed by atoms with Crippen LogP contribution in [0.2, 0.25) is 0 Å². The number of nitrogens with two attached hydrogens (primary N) is 1. The molecule has 0 bridgehead atoms. The maximum Gasteiger partial charge on any atom is 0.222 e. The molecule has 3 nitrogen and oxygen atoms in total. The number of carbonyl (C=O) groups excluding carboxylic acids is 1. The molecule has 0 heterocycles. The summed E-state index contributed by atoms with van der Waals surface area (Å²) in [6.07, 6.45) is 10.7. The molecule has 0 rings (SSSR count). The highest BCUT2D eigenvalue weighted by Gasteiger charge is 2.12. The Morgan fingerprint density at radius 2 is 1.56 bits per heavy atom. The van der Waals surface area contributed by atoms with Gasteiger partial charge in [0.25, 0.3) is 0 Å². The highest BCUT2D eigenvalue weighted by molar-refractivity contribution is 5.76. The summed E-state index contributed by atoms with van der Waals surface area (Å²) >= 11 is 0. The number of amides is 1. The molecule has 0 radical (unpaired) electrons. The lowest BCUT2D eigenvalue weighted by Crippen LogP contribution is -2.26. The quantitative estimate of drug-likeness (QED) is 0.535. The fraction of sp³-hybridized carbons (Fsp3) is 0.923. The summed E-state index contributed by atoms with van der Waals surface area (Å²) in [6, 6.07) is 0. The predicted molar refractivity (Wildman–Crippen MR) is 67.0 cm³/mol. The lowest BCUT2D eigenvalue weighted by Gasteiger charge is -2.09. The number of unbranched alkanes of at least 4 members (excludes halogenated alkanes) is 7. The first kappa shape index (κ1) is 15.4. The Hall–Kier alpha value is -0.570. The Morgan fingerprint density at radius 1 is 1.06 bits per heavy atom. The van der Waals surface area contributed by atoms with Gasteiger partial charge in [0.1, 0.15) is 0 Å². The average Bonchev–Trinajstić information content (AvgIpc) is 2.26. The topological polar surface area (TPSA) is 63.3 Å². The smallest absolute Gasteiger partial charge is 0.222 e. The summed E-state index contributed by atoms with van der Waals surface area (Å²) in [5.74, 6) is -0.703. The number of hydrogen-bond donors (Lipinski definition) is 2. The normalized spacial score (nSPS) is 12.6. The second kappa shape index (κ2) is 10.9. The van der Waals surface area contributed by atoms with Crippen LogP contribution in [0.4, 0.5) is 0 Å². The van der Waals surface area contributed by atoms with E-state index in [0.29, 0.717) is 0 Å². The van der Waals surface area contributed by atoms with Gasteiger partial charge in [-0.25, -0.2) is 0 Å². The summed E-state index contributed by atoms with van der Waals surface area (Å²) < 4.78 is 0. The van der Waals surface area contributed by atoms with Gasteiger partial charge in [0.2, 0.25) is 5.91 Å². The van der Waals surface area contributed by atoms with Crippen LogP contribution >= 0.6 is 0 Å². The maximum atomic E-state index is 10.8. The molecule has 96 valence electrons. The number of rotatable bonds is 11. The average molecular weight is 229 g/mol. The van der Waals surface area contributed by atoms with Crippen LogP contribution in [0.15, 0.2) is 0 Å². The predicted octanol–water partition coefficient (Wildman–Crippen LogP) is 2.61. The van der Waals surface area contributed by atoms with Gasteiger partial charge in [0.05, 0.1) is 12.5 Å². The van der Waals surface area contributed by atoms with E-state index in [9.17, 15) is 4.79 Å². The second-order valence-electron chi connectivity index (χ2n) is 4.55. The molecule has 3 N–H and O–H groups in total. The van der Waals surface area contributed by atoms with Crippen molar-refractivity contribution in [3.05, 3.63) is 0 Å². The van der Waals surface area contributed by atoms with Crippen LogP contribution in [-0.4, -0.2) is 17.6 Å². The zero-order valence-corrected chi connectivity index (χ0v) is 10.6. The minimum absolute atomic E-state index is 0.105. The van der Waals surface area contributed by atoms with Gasteiger partial charge in [-0.05, 0) is 6.42 Å². The van der Waals surface area contributed by atoms with Crippen LogP contribution in [0, 0.1) is 5.92 Å². The maximum absolute atomic E-state index is 10.8. The van der Waals surface area contributed by atoms with Crippen LogP contribution in [0.1, 0.15) is 64.7 Å². The van der Waals surface area contributed by atoms with Gasteiger partial charge in [-0.15, -0.1) is 0 Å². The molecule has 0 aromatic carbocycles. The minimum atomic E-state index is -0.370. The van der Waals surface area contributed by atoms with E-state index >= 15 is 0 Å². The molecular weight excluding hydrogens is 202 g/mol. The Labute approximate surface area is 99.4 Å². The lowest BCUT2D eigenvalue weighted by molar-refractivity contribution is -0.123. The van der Waals surface area contributed by atoms with Gasteiger partial charge in [-0.3, -0.25) is 4.79 Å². The third-order valence-corrected chi connectivity index (χ3v) is 3.03. The summed E-state index contributed by atoms with van der Waals surface area (Å²) in [6.45, 7) is 2.12. The van der Waals surface area contributed by atoms with Crippen molar-refractivity contribution in [1.82, 2.24) is 0 Å². The number of primary amides is 1. The monoisotopic (exact) mass is 229 g/mol. The summed E-state index contributed by atoms with van der Waals surface area (Å²) in [4.78, 5) is 10.8. The third-order valence-electron chi connectivity index (χ3n) is 3.03. The number of aliphatic hydroxyl groups excluding tert-OH is 1. The van der Waals surface area contributed by atoms with Gasteiger partial charge >= 0.3 is 0 Å². The molecule has 0 spiro atoms. The summed E-state index contributed by atoms with van der Waals surface area (Å²) in [5.41, 5.74) is 5.14. The molecular formula is C13H27NO2. The van der Waals surface area contributed by atoms with Crippen molar-refractivity contribution in [1.29, 1.82) is 0 Å². The zero-order chi connectivity index (χ0) is 12.2. The van der Waals surface area contributed by atoms with Crippen molar-refractivity contribution in [2.24, 2.45) is 11.7 Å². The molecule has 16 heavy (non-hydrogen) atoms. The first-order valence-corrected chi connectivity index (χ1v) is 6.62. The van der Waals surface area contributed by atoms with Crippen LogP contribution < -0.4 is 5.73 Å². The first-order valence-electron chi connectivity index (χ1n) is 6.62. The van der Waals surface area contributed by atoms with E-state index in [1.807, 2.05) is 0 Å². The minimum Gasteiger partial charge on any atom is -0.396 e. The Kier molecular flexibility index (Phi) is 10.5. The molecule has 0 saturated carbocycles. The second-order valence-corrected chi connectivity index (χ2v) is 4.55. The van der Waals surface area contributed by atoms with E-state index in [1.165, 1.54) is 38.5 Å². The molecule has 0 aromatic heterocycles. The van der Waals surface area contributed by atoms with E-state index in [4.69, 9.17) is 10.8 Å². The fourth-order valence-electron chi connectivity index (χ4n) is 1.85. The molecule has 0 aliphatic rings. The number of hydrogen-bond acceptors (Lipinski definition) is 2. The van der Waals surface area contributed by atoms with Crippen molar-refractivity contribution in [3.63, 3.8) is 0 Å². The molecule has 0 saturated heterocycles. The molecule has 0 aliphatic heterocycles. The van der Waals surface area contributed by atoms with Crippen LogP contribution in [0.25, 0.3) is 0 Å². The standard InChI is InChI=1S/C13H27NO2/c1-2-3-4-5-6-7-8-9-10-12(11-15)13(14)16/h12,15H,2-11H2,1H3,(H2,14,16). The summed E-state index contributed by atoms with van der Waals surface area (Å²) in [7, 11) is 0. The summed E-state index contributed by atoms with van der Waals surface area (Å²) in [5, 5.41) is 8.90. The van der Waals surface area contributed by atoms with Gasteiger partial charge < -0.3 is 10.8 Å². The van der Waals surface area contributed by atoms with Gasteiger partial charge in [0.15, 0.2) is 0 Å². The lowest BCUT2D eigenvalue weighted by atomic mass is 10.0. The van der Waals surface area contributed by atoms with Gasteiger partial charge in [-0.1, -0.05) is 58.3 Å². The van der Waals surface area contributed by atoms with E-state index in [0.717, 1.165) is 19.3 Å². The van der Waals surface area contributed by atoms with E-state index in [1.54, 1.807) is 0 Å². The molecule has 1 amide bonds. The van der Waals surface area contributed by atoms with Gasteiger partial charge in [0, 0.05) is 0 Å². The Balaban J connectivity index is 3.22. The van der Waals surface area contributed by atoms with E-state index in [-0.39, 0.29) is 18.4 Å². The third kappa shape index (κ3) is 8.72. The van der Waals surface area contributed by atoms with E-state index in [2.05, 4.69) is 6.92 Å². The molecule has 0 fully saturated rings. The first-order chi connectivity index (χ1) is 7.72. The molecule has 0 aromatic rings. The van der Waals surface area contributed by atoms with Crippen LogP contribution in [0.5, 0.6) is 0 Å². The number of carbonyl (C=O) groups is 1. The van der Waals surface area contributed by atoms with Gasteiger partial charge in [-0.2, -0.15) is 0 Å². The van der Waals surface area contributed by atoms with Crippen molar-refractivity contribution >= 4 is 5.91 Å². The fourth-order valence-corrected chi connectivity index (χ4v) is 1.85. The highest BCUT2D eigenvalue weighted by atomic mass is 16.3. The number of aliphatic hydroxyl groups is 1.